The van der Waals surface area contributed by atoms with Gasteiger partial charge in [0.25, 0.3) is 0 Å². The zero-order valence-corrected chi connectivity index (χ0v) is 20.3. The van der Waals surface area contributed by atoms with Crippen molar-refractivity contribution in [2.24, 2.45) is 5.92 Å². The molecule has 1 fully saturated rings. The van der Waals surface area contributed by atoms with Crippen LogP contribution in [0.15, 0.2) is 48.5 Å². The number of nitrogens with one attached hydrogen (secondary N) is 1. The van der Waals surface area contributed by atoms with Crippen molar-refractivity contribution < 1.29 is 29.0 Å². The number of rotatable bonds is 7. The van der Waals surface area contributed by atoms with E-state index in [1.54, 1.807) is 0 Å². The predicted octanol–water partition coefficient (Wildman–Crippen LogP) is 3.64. The van der Waals surface area contributed by atoms with Gasteiger partial charge in [-0.2, -0.15) is 0 Å². The summed E-state index contributed by atoms with van der Waals surface area (Å²) in [6.45, 7) is 5.93. The average Bonchev–Trinajstić information content (AvgIpc) is 3.16. The van der Waals surface area contributed by atoms with Gasteiger partial charge in [0.15, 0.2) is 5.60 Å². The number of nitrogens with zero attached hydrogens (tertiary/aromatic N) is 1. The first-order valence-electron chi connectivity index (χ1n) is 12.0. The highest BCUT2D eigenvalue weighted by molar-refractivity contribution is 5.82. The van der Waals surface area contributed by atoms with Crippen molar-refractivity contribution >= 4 is 18.0 Å². The summed E-state index contributed by atoms with van der Waals surface area (Å²) in [4.78, 5) is 38.7. The Morgan fingerprint density at radius 1 is 1.11 bits per heavy atom. The second kappa shape index (κ2) is 10.1. The van der Waals surface area contributed by atoms with Crippen molar-refractivity contribution in [2.45, 2.75) is 44.8 Å². The van der Waals surface area contributed by atoms with E-state index in [4.69, 9.17) is 9.47 Å². The monoisotopic (exact) mass is 480 g/mol. The third-order valence-corrected chi connectivity index (χ3v) is 6.93. The molecular weight excluding hydrogens is 448 g/mol. The van der Waals surface area contributed by atoms with Gasteiger partial charge in [-0.3, -0.25) is 4.79 Å². The minimum absolute atomic E-state index is 0.0219. The van der Waals surface area contributed by atoms with Gasteiger partial charge in [-0.25, -0.2) is 9.59 Å². The van der Waals surface area contributed by atoms with Crippen molar-refractivity contribution in [3.8, 4) is 11.1 Å². The molecule has 0 radical (unpaired) electrons. The molecule has 1 aliphatic heterocycles. The third kappa shape index (κ3) is 5.17. The van der Waals surface area contributed by atoms with E-state index < -0.39 is 23.7 Å². The maximum absolute atomic E-state index is 12.9. The SMILES string of the molecule is CC(C)C(CC(=O)N1CCOC(C)(C(=O)O)C1)NC(=O)OCC1c2ccccc2-c2ccccc21. The number of amides is 2. The smallest absolute Gasteiger partial charge is 0.407 e. The van der Waals surface area contributed by atoms with Crippen LogP contribution >= 0.6 is 0 Å². The van der Waals surface area contributed by atoms with Crippen LogP contribution in [0.3, 0.4) is 0 Å². The second-order valence-electron chi connectivity index (χ2n) is 9.72. The van der Waals surface area contributed by atoms with Gasteiger partial charge in [0.05, 0.1) is 13.2 Å². The fraction of sp³-hybridized carbons (Fsp3) is 0.444. The lowest BCUT2D eigenvalue weighted by molar-refractivity contribution is -0.177. The van der Waals surface area contributed by atoms with Gasteiger partial charge < -0.3 is 24.8 Å². The number of ether oxygens (including phenoxy) is 2. The summed E-state index contributed by atoms with van der Waals surface area (Å²) in [5, 5.41) is 12.3. The molecule has 0 aromatic heterocycles. The molecule has 1 saturated heterocycles. The van der Waals surface area contributed by atoms with E-state index in [1.807, 2.05) is 38.1 Å². The van der Waals surface area contributed by atoms with Gasteiger partial charge in [0, 0.05) is 24.9 Å². The normalized spacial score (nSPS) is 20.2. The molecule has 186 valence electrons. The van der Waals surface area contributed by atoms with Crippen LogP contribution in [0.5, 0.6) is 0 Å². The maximum atomic E-state index is 12.9. The quantitative estimate of drug-likeness (QED) is 0.627. The van der Waals surface area contributed by atoms with E-state index in [0.29, 0.717) is 6.54 Å². The molecule has 2 N–H and O–H groups in total. The van der Waals surface area contributed by atoms with Gasteiger partial charge in [-0.15, -0.1) is 0 Å². The van der Waals surface area contributed by atoms with E-state index in [0.717, 1.165) is 22.3 Å². The maximum Gasteiger partial charge on any atom is 0.407 e. The topological polar surface area (TPSA) is 105 Å². The first-order chi connectivity index (χ1) is 16.7. The van der Waals surface area contributed by atoms with Gasteiger partial charge in [0.1, 0.15) is 6.61 Å². The minimum atomic E-state index is -1.43. The molecule has 2 atom stereocenters. The van der Waals surface area contributed by atoms with Crippen molar-refractivity contribution in [3.63, 3.8) is 0 Å². The van der Waals surface area contributed by atoms with Crippen LogP contribution in [0.2, 0.25) is 0 Å². The Morgan fingerprint density at radius 3 is 2.29 bits per heavy atom. The number of morpholine rings is 1. The minimum Gasteiger partial charge on any atom is -0.479 e. The van der Waals surface area contributed by atoms with E-state index in [9.17, 15) is 19.5 Å². The highest BCUT2D eigenvalue weighted by Crippen LogP contribution is 2.44. The fourth-order valence-corrected chi connectivity index (χ4v) is 4.77. The van der Waals surface area contributed by atoms with Crippen LogP contribution in [-0.2, 0) is 19.1 Å². The number of carbonyl (C=O) groups excluding carboxylic acids is 2. The van der Waals surface area contributed by atoms with Crippen molar-refractivity contribution in [1.29, 1.82) is 0 Å². The number of hydrogen-bond donors (Lipinski definition) is 2. The molecule has 4 rings (SSSR count). The molecule has 2 amide bonds. The first-order valence-corrected chi connectivity index (χ1v) is 12.0. The third-order valence-electron chi connectivity index (χ3n) is 6.93. The lowest BCUT2D eigenvalue weighted by Gasteiger charge is -2.38. The Kier molecular flexibility index (Phi) is 7.12. The molecule has 2 aromatic carbocycles. The Hall–Kier alpha value is -3.39. The van der Waals surface area contributed by atoms with Crippen LogP contribution in [0, 0.1) is 5.92 Å². The molecule has 0 bridgehead atoms. The van der Waals surface area contributed by atoms with Crippen molar-refractivity contribution in [3.05, 3.63) is 59.7 Å². The van der Waals surface area contributed by atoms with Gasteiger partial charge >= 0.3 is 12.1 Å². The van der Waals surface area contributed by atoms with Crippen LogP contribution in [0.25, 0.3) is 11.1 Å². The summed E-state index contributed by atoms with van der Waals surface area (Å²) in [5.74, 6) is -1.40. The number of carboxylic acid groups (broad SMARTS) is 1. The Labute approximate surface area is 205 Å². The number of aliphatic carboxylic acids is 1. The van der Waals surface area contributed by atoms with Gasteiger partial charge in [0.2, 0.25) is 5.91 Å². The van der Waals surface area contributed by atoms with E-state index in [-0.39, 0.29) is 43.9 Å². The molecule has 1 heterocycles. The molecule has 0 saturated carbocycles. The average molecular weight is 481 g/mol. The number of carboxylic acids is 1. The molecule has 2 aromatic rings. The summed E-state index contributed by atoms with van der Waals surface area (Å²) in [7, 11) is 0. The van der Waals surface area contributed by atoms with Crippen molar-refractivity contribution in [2.75, 3.05) is 26.3 Å². The summed E-state index contributed by atoms with van der Waals surface area (Å²) in [5.41, 5.74) is 3.14. The van der Waals surface area contributed by atoms with Crippen LogP contribution < -0.4 is 5.32 Å². The Bertz CT molecular complexity index is 1070. The molecule has 2 aliphatic rings. The summed E-state index contributed by atoms with van der Waals surface area (Å²) < 4.78 is 11.0. The summed E-state index contributed by atoms with van der Waals surface area (Å²) >= 11 is 0. The predicted molar refractivity (Wildman–Crippen MR) is 130 cm³/mol. The molecule has 8 heteroatoms. The number of alkyl carbamates (subject to hydrolysis) is 1. The molecule has 2 unspecified atom stereocenters. The van der Waals surface area contributed by atoms with Crippen LogP contribution in [0.4, 0.5) is 4.79 Å². The molecule has 1 aliphatic carbocycles. The Morgan fingerprint density at radius 2 is 1.71 bits per heavy atom. The van der Waals surface area contributed by atoms with Crippen LogP contribution in [-0.4, -0.2) is 65.9 Å². The number of fused-ring (bicyclic) bond motifs is 3. The zero-order valence-electron chi connectivity index (χ0n) is 20.3. The van der Waals surface area contributed by atoms with Crippen LogP contribution in [0.1, 0.15) is 44.2 Å². The van der Waals surface area contributed by atoms with E-state index >= 15 is 0 Å². The number of carbonyl (C=O) groups is 3. The van der Waals surface area contributed by atoms with Gasteiger partial charge in [-0.05, 0) is 35.1 Å². The number of hydrogen-bond acceptors (Lipinski definition) is 5. The second-order valence-corrected chi connectivity index (χ2v) is 9.72. The van der Waals surface area contributed by atoms with Crippen molar-refractivity contribution in [1.82, 2.24) is 10.2 Å². The summed E-state index contributed by atoms with van der Waals surface area (Å²) in [6, 6.07) is 15.8. The molecule has 35 heavy (non-hydrogen) atoms. The molecule has 8 nitrogen and oxygen atoms in total. The zero-order chi connectivity index (χ0) is 25.2. The van der Waals surface area contributed by atoms with Gasteiger partial charge in [-0.1, -0.05) is 62.4 Å². The van der Waals surface area contributed by atoms with E-state index in [1.165, 1.54) is 11.8 Å². The largest absolute Gasteiger partial charge is 0.479 e. The highest BCUT2D eigenvalue weighted by Gasteiger charge is 2.41. The lowest BCUT2D eigenvalue weighted by atomic mass is 9.98. The Balaban J connectivity index is 1.37. The fourth-order valence-electron chi connectivity index (χ4n) is 4.77. The number of benzene rings is 2. The van der Waals surface area contributed by atoms with E-state index in [2.05, 4.69) is 29.6 Å². The first kappa shape index (κ1) is 24.7. The standard InChI is InChI=1S/C27H32N2O6/c1-17(2)23(14-24(30)29-12-13-35-27(3,16-29)25(31)32)28-26(33)34-15-22-20-10-6-4-8-18(20)19-9-5-7-11-21(19)22/h4-11,17,22-23H,12-16H2,1-3H3,(H,28,33)(H,31,32). The highest BCUT2D eigenvalue weighted by atomic mass is 16.5. The molecular formula is C27H32N2O6. The lowest BCUT2D eigenvalue weighted by Crippen LogP contribution is -2.57. The summed E-state index contributed by atoms with van der Waals surface area (Å²) in [6.07, 6.45) is -0.520. The molecule has 0 spiro atoms.